The van der Waals surface area contributed by atoms with Gasteiger partial charge in [-0.15, -0.1) is 0 Å². The van der Waals surface area contributed by atoms with Crippen molar-refractivity contribution in [1.82, 2.24) is 14.5 Å². The Morgan fingerprint density at radius 1 is 1.11 bits per heavy atom. The summed E-state index contributed by atoms with van der Waals surface area (Å²) < 4.78 is 3.45. The first-order chi connectivity index (χ1) is 17.0. The number of nitrogens with two attached hydrogens (primary N) is 1. The van der Waals surface area contributed by atoms with Crippen LogP contribution in [0, 0.1) is 0 Å². The average Bonchev–Trinajstić information content (AvgIpc) is 3.58. The van der Waals surface area contributed by atoms with Crippen LogP contribution in [0.4, 0.5) is 0 Å². The lowest BCUT2D eigenvalue weighted by molar-refractivity contribution is 0.0992. The van der Waals surface area contributed by atoms with Gasteiger partial charge in [-0.25, -0.2) is 0 Å². The van der Waals surface area contributed by atoms with E-state index in [1.54, 1.807) is 22.2 Å². The molecular formula is C28H28N4O3. The SMILES string of the molecule is Cn1cc(-c2cccc(-n3c(C4CNC4)cc4cc(C5CC5)ccc4c3=O)c2CO)cc1C(N)=O. The molecule has 7 nitrogen and oxygen atoms in total. The van der Waals surface area contributed by atoms with Crippen LogP contribution in [0.2, 0.25) is 0 Å². The number of amides is 1. The molecule has 0 atom stereocenters. The van der Waals surface area contributed by atoms with E-state index in [1.165, 1.54) is 18.4 Å². The number of hydrogen-bond acceptors (Lipinski definition) is 4. The number of aliphatic hydroxyl groups excluding tert-OH is 1. The lowest BCUT2D eigenvalue weighted by Gasteiger charge is -2.31. The molecule has 0 bridgehead atoms. The standard InChI is InChI=1S/C28H28N4O3/c1-31-14-19(11-26(31)27(29)34)21-3-2-4-24(23(21)15-33)32-25(20-12-30-13-20)10-18-9-17(16-5-6-16)7-8-22(18)28(32)35/h2-4,7-11,14,16,20,30,33H,5-6,12-13,15H2,1H3,(H2,29,34). The fourth-order valence-electron chi connectivity index (χ4n) is 5.25. The lowest BCUT2D eigenvalue weighted by atomic mass is 9.94. The highest BCUT2D eigenvalue weighted by Gasteiger charge is 2.28. The van der Waals surface area contributed by atoms with Gasteiger partial charge in [0.25, 0.3) is 11.5 Å². The maximum Gasteiger partial charge on any atom is 0.265 e. The van der Waals surface area contributed by atoms with Gasteiger partial charge in [0.05, 0.1) is 12.3 Å². The number of benzene rings is 2. The van der Waals surface area contributed by atoms with E-state index in [-0.39, 0.29) is 18.1 Å². The van der Waals surface area contributed by atoms with Crippen LogP contribution in [0.25, 0.3) is 27.6 Å². The summed E-state index contributed by atoms with van der Waals surface area (Å²) in [5.41, 5.74) is 10.9. The number of pyridine rings is 1. The molecule has 178 valence electrons. The van der Waals surface area contributed by atoms with Crippen LogP contribution in [0.1, 0.15) is 52.0 Å². The van der Waals surface area contributed by atoms with Gasteiger partial charge in [0, 0.05) is 54.5 Å². The Kier molecular flexibility index (Phi) is 5.12. The summed E-state index contributed by atoms with van der Waals surface area (Å²) >= 11 is 0. The molecule has 35 heavy (non-hydrogen) atoms. The molecule has 0 spiro atoms. The van der Waals surface area contributed by atoms with Crippen molar-refractivity contribution < 1.29 is 9.90 Å². The zero-order valence-corrected chi connectivity index (χ0v) is 19.6. The molecule has 6 rings (SSSR count). The van der Waals surface area contributed by atoms with Gasteiger partial charge in [-0.2, -0.15) is 0 Å². The number of fused-ring (bicyclic) bond motifs is 1. The molecule has 2 aromatic carbocycles. The predicted octanol–water partition coefficient (Wildman–Crippen LogP) is 3.15. The van der Waals surface area contributed by atoms with Gasteiger partial charge in [0.1, 0.15) is 5.69 Å². The van der Waals surface area contributed by atoms with Crippen molar-refractivity contribution in [2.24, 2.45) is 12.8 Å². The summed E-state index contributed by atoms with van der Waals surface area (Å²) in [6.07, 6.45) is 4.24. The van der Waals surface area contributed by atoms with E-state index in [4.69, 9.17) is 5.73 Å². The van der Waals surface area contributed by atoms with Gasteiger partial charge < -0.3 is 20.7 Å². The van der Waals surface area contributed by atoms with Gasteiger partial charge in [-0.05, 0) is 59.5 Å². The van der Waals surface area contributed by atoms with Gasteiger partial charge in [0.2, 0.25) is 0 Å². The second-order valence-electron chi connectivity index (χ2n) is 9.74. The van der Waals surface area contributed by atoms with Crippen LogP contribution in [0.5, 0.6) is 0 Å². The third-order valence-corrected chi connectivity index (χ3v) is 7.44. The number of hydrogen-bond donors (Lipinski definition) is 3. The minimum absolute atomic E-state index is 0.0792. The summed E-state index contributed by atoms with van der Waals surface area (Å²) in [7, 11) is 1.76. The molecule has 4 aromatic rings. The predicted molar refractivity (Wildman–Crippen MR) is 136 cm³/mol. The molecule has 1 saturated heterocycles. The monoisotopic (exact) mass is 468 g/mol. The molecule has 1 saturated carbocycles. The van der Waals surface area contributed by atoms with Crippen LogP contribution in [-0.4, -0.2) is 33.2 Å². The second-order valence-corrected chi connectivity index (χ2v) is 9.74. The van der Waals surface area contributed by atoms with Crippen molar-refractivity contribution in [3.8, 4) is 16.8 Å². The maximum absolute atomic E-state index is 14.0. The van der Waals surface area contributed by atoms with Crippen molar-refractivity contribution in [1.29, 1.82) is 0 Å². The van der Waals surface area contributed by atoms with Crippen LogP contribution < -0.4 is 16.6 Å². The molecule has 4 N–H and O–H groups in total. The smallest absolute Gasteiger partial charge is 0.265 e. The molecule has 2 fully saturated rings. The van der Waals surface area contributed by atoms with Crippen LogP contribution >= 0.6 is 0 Å². The topological polar surface area (TPSA) is 102 Å². The van der Waals surface area contributed by atoms with E-state index in [1.807, 2.05) is 30.5 Å². The number of aryl methyl sites for hydroxylation is 1. The minimum atomic E-state index is -0.517. The fourth-order valence-corrected chi connectivity index (χ4v) is 5.25. The minimum Gasteiger partial charge on any atom is -0.392 e. The summed E-state index contributed by atoms with van der Waals surface area (Å²) in [6, 6.07) is 15.7. The Morgan fingerprint density at radius 3 is 2.54 bits per heavy atom. The quantitative estimate of drug-likeness (QED) is 0.405. The number of carbonyl (C=O) groups excluding carboxylic acids is 1. The molecular weight excluding hydrogens is 440 g/mol. The molecule has 0 radical (unpaired) electrons. The number of rotatable bonds is 6. The Labute approximate surface area is 202 Å². The van der Waals surface area contributed by atoms with Gasteiger partial charge in [-0.1, -0.05) is 24.3 Å². The molecule has 0 unspecified atom stereocenters. The number of primary amides is 1. The number of carbonyl (C=O) groups is 1. The Balaban J connectivity index is 1.58. The molecule has 3 heterocycles. The van der Waals surface area contributed by atoms with Crippen molar-refractivity contribution in [2.75, 3.05) is 13.1 Å². The van der Waals surface area contributed by atoms with E-state index < -0.39 is 5.91 Å². The van der Waals surface area contributed by atoms with Gasteiger partial charge in [0.15, 0.2) is 0 Å². The summed E-state index contributed by atoms with van der Waals surface area (Å²) in [4.78, 5) is 25.8. The molecule has 2 aliphatic rings. The molecule has 1 aliphatic carbocycles. The number of aromatic nitrogens is 2. The summed E-state index contributed by atoms with van der Waals surface area (Å²) in [6.45, 7) is 1.36. The number of nitrogens with zero attached hydrogens (tertiary/aromatic N) is 2. The highest BCUT2D eigenvalue weighted by molar-refractivity contribution is 5.93. The number of nitrogens with one attached hydrogen (secondary N) is 1. The number of aliphatic hydroxyl groups is 1. The van der Waals surface area contributed by atoms with Crippen molar-refractivity contribution in [3.63, 3.8) is 0 Å². The normalized spacial score (nSPS) is 15.9. The Hall–Kier alpha value is -3.68. The van der Waals surface area contributed by atoms with E-state index in [2.05, 4.69) is 23.5 Å². The first-order valence-corrected chi connectivity index (χ1v) is 12.1. The van der Waals surface area contributed by atoms with Crippen molar-refractivity contribution >= 4 is 16.7 Å². The zero-order valence-electron chi connectivity index (χ0n) is 19.6. The highest BCUT2D eigenvalue weighted by atomic mass is 16.3. The molecule has 2 aromatic heterocycles. The van der Waals surface area contributed by atoms with Gasteiger partial charge >= 0.3 is 0 Å². The highest BCUT2D eigenvalue weighted by Crippen LogP contribution is 2.41. The lowest BCUT2D eigenvalue weighted by Crippen LogP contribution is -2.42. The van der Waals surface area contributed by atoms with Gasteiger partial charge in [-0.3, -0.25) is 14.2 Å². The first-order valence-electron chi connectivity index (χ1n) is 12.1. The third kappa shape index (κ3) is 3.59. The Morgan fingerprint density at radius 2 is 1.91 bits per heavy atom. The largest absolute Gasteiger partial charge is 0.392 e. The van der Waals surface area contributed by atoms with E-state index >= 15 is 0 Å². The third-order valence-electron chi connectivity index (χ3n) is 7.44. The zero-order chi connectivity index (χ0) is 24.3. The average molecular weight is 469 g/mol. The first kappa shape index (κ1) is 21.8. The maximum atomic E-state index is 14.0. The fraction of sp³-hybridized carbons (Fsp3) is 0.286. The summed E-state index contributed by atoms with van der Waals surface area (Å²) in [5.74, 6) is 0.311. The molecule has 1 aliphatic heterocycles. The Bertz CT molecular complexity index is 1540. The van der Waals surface area contributed by atoms with Crippen LogP contribution in [0.15, 0.2) is 59.5 Å². The van der Waals surface area contributed by atoms with Crippen molar-refractivity contribution in [2.45, 2.75) is 31.3 Å². The van der Waals surface area contributed by atoms with Crippen molar-refractivity contribution in [3.05, 3.63) is 87.6 Å². The van der Waals surface area contributed by atoms with Crippen LogP contribution in [0.3, 0.4) is 0 Å². The van der Waals surface area contributed by atoms with Crippen LogP contribution in [-0.2, 0) is 13.7 Å². The van der Waals surface area contributed by atoms with E-state index in [0.717, 1.165) is 35.3 Å². The van der Waals surface area contributed by atoms with E-state index in [9.17, 15) is 14.7 Å². The molecule has 7 heteroatoms. The summed E-state index contributed by atoms with van der Waals surface area (Å²) in [5, 5.41) is 15.5. The van der Waals surface area contributed by atoms with E-state index in [0.29, 0.717) is 28.2 Å². The second kappa shape index (κ2) is 8.22. The molecule has 1 amide bonds.